The Kier molecular flexibility index (Phi) is 2.86. The fraction of sp³-hybridized carbons (Fsp3) is 0.0833. The van der Waals surface area contributed by atoms with Crippen LogP contribution < -0.4 is 5.32 Å². The van der Waals surface area contributed by atoms with E-state index in [0.29, 0.717) is 0 Å². The number of anilines is 1. The van der Waals surface area contributed by atoms with Crippen LogP contribution in [0.25, 0.3) is 10.9 Å². The first-order valence-electron chi connectivity index (χ1n) is 5.22. The van der Waals surface area contributed by atoms with Gasteiger partial charge in [-0.1, -0.05) is 0 Å². The summed E-state index contributed by atoms with van der Waals surface area (Å²) < 4.78 is 1.16. The van der Waals surface area contributed by atoms with Crippen molar-refractivity contribution in [2.24, 2.45) is 0 Å². The summed E-state index contributed by atoms with van der Waals surface area (Å²) >= 11 is 5.27. The van der Waals surface area contributed by atoms with E-state index in [-0.39, 0.29) is 0 Å². The summed E-state index contributed by atoms with van der Waals surface area (Å²) in [7, 11) is 0. The molecule has 0 spiro atoms. The Morgan fingerprint density at radius 3 is 3.12 bits per heavy atom. The van der Waals surface area contributed by atoms with Gasteiger partial charge >= 0.3 is 0 Å². The number of aromatic amines is 1. The van der Waals surface area contributed by atoms with E-state index in [4.69, 9.17) is 0 Å². The molecule has 0 aliphatic rings. The van der Waals surface area contributed by atoms with Gasteiger partial charge in [-0.25, -0.2) is 0 Å². The molecule has 0 saturated carbocycles. The average Bonchev–Trinajstić information content (AvgIpc) is 2.94. The minimum atomic E-state index is 0.831. The molecule has 0 amide bonds. The van der Waals surface area contributed by atoms with Crippen LogP contribution in [0, 0.1) is 0 Å². The van der Waals surface area contributed by atoms with Crippen LogP contribution in [-0.2, 0) is 6.54 Å². The van der Waals surface area contributed by atoms with Gasteiger partial charge < -0.3 is 5.32 Å². The molecule has 3 rings (SSSR count). The van der Waals surface area contributed by atoms with Crippen LogP contribution in [0.1, 0.15) is 4.88 Å². The quantitative estimate of drug-likeness (QED) is 0.768. The Balaban J connectivity index is 1.78. The number of hydrogen-bond acceptors (Lipinski definition) is 3. The zero-order valence-corrected chi connectivity index (χ0v) is 11.3. The van der Waals surface area contributed by atoms with E-state index in [1.165, 1.54) is 4.88 Å². The molecule has 5 heteroatoms. The first-order chi connectivity index (χ1) is 8.33. The number of thiophene rings is 1. The van der Waals surface area contributed by atoms with Gasteiger partial charge in [0.05, 0.1) is 18.3 Å². The van der Waals surface area contributed by atoms with E-state index < -0.39 is 0 Å². The maximum Gasteiger partial charge on any atom is 0.0670 e. The molecule has 3 nitrogen and oxygen atoms in total. The van der Waals surface area contributed by atoms with Gasteiger partial charge in [0.2, 0.25) is 0 Å². The fourth-order valence-electron chi connectivity index (χ4n) is 1.68. The summed E-state index contributed by atoms with van der Waals surface area (Å²) in [4.78, 5) is 1.30. The molecule has 0 bridgehead atoms. The van der Waals surface area contributed by atoms with Crippen LogP contribution >= 0.6 is 27.3 Å². The highest BCUT2D eigenvalue weighted by molar-refractivity contribution is 9.10. The minimum absolute atomic E-state index is 0.831. The molecular formula is C12H10BrN3S. The number of nitrogens with zero attached hydrogens (tertiary/aromatic N) is 1. The zero-order valence-electron chi connectivity index (χ0n) is 8.90. The Morgan fingerprint density at radius 2 is 2.29 bits per heavy atom. The monoisotopic (exact) mass is 307 g/mol. The lowest BCUT2D eigenvalue weighted by Crippen LogP contribution is -1.97. The number of aromatic nitrogens is 2. The number of rotatable bonds is 3. The first-order valence-corrected chi connectivity index (χ1v) is 6.89. The third-order valence-electron chi connectivity index (χ3n) is 2.59. The number of fused-ring (bicyclic) bond motifs is 1. The van der Waals surface area contributed by atoms with Crippen LogP contribution in [0.3, 0.4) is 0 Å². The highest BCUT2D eigenvalue weighted by Gasteiger charge is 2.02. The molecule has 86 valence electrons. The Morgan fingerprint density at radius 1 is 1.35 bits per heavy atom. The van der Waals surface area contributed by atoms with Crippen LogP contribution in [0.5, 0.6) is 0 Å². The summed E-state index contributed by atoms with van der Waals surface area (Å²) in [5.41, 5.74) is 2.15. The van der Waals surface area contributed by atoms with E-state index in [0.717, 1.165) is 27.6 Å². The van der Waals surface area contributed by atoms with E-state index >= 15 is 0 Å². The lowest BCUT2D eigenvalue weighted by atomic mass is 10.2. The van der Waals surface area contributed by atoms with Crippen molar-refractivity contribution >= 4 is 43.9 Å². The highest BCUT2D eigenvalue weighted by Crippen LogP contribution is 2.24. The zero-order chi connectivity index (χ0) is 11.7. The lowest BCUT2D eigenvalue weighted by Gasteiger charge is -2.05. The lowest BCUT2D eigenvalue weighted by molar-refractivity contribution is 1.12. The van der Waals surface area contributed by atoms with Crippen LogP contribution in [0.15, 0.2) is 40.3 Å². The van der Waals surface area contributed by atoms with Gasteiger partial charge in [-0.2, -0.15) is 5.10 Å². The maximum absolute atomic E-state index is 4.01. The van der Waals surface area contributed by atoms with Crippen LogP contribution in [0.4, 0.5) is 5.69 Å². The van der Waals surface area contributed by atoms with Crippen molar-refractivity contribution in [1.29, 1.82) is 0 Å². The van der Waals surface area contributed by atoms with E-state index in [2.05, 4.69) is 61.1 Å². The van der Waals surface area contributed by atoms with Gasteiger partial charge in [0, 0.05) is 20.4 Å². The molecule has 0 aliphatic heterocycles. The number of H-pyrrole nitrogens is 1. The van der Waals surface area contributed by atoms with Crippen LogP contribution in [0.2, 0.25) is 0 Å². The number of halogens is 1. The number of hydrogen-bond donors (Lipinski definition) is 2. The number of benzene rings is 1. The van der Waals surface area contributed by atoms with Gasteiger partial charge in [-0.3, -0.25) is 5.10 Å². The maximum atomic E-state index is 4.01. The molecular weight excluding hydrogens is 298 g/mol. The highest BCUT2D eigenvalue weighted by atomic mass is 79.9. The predicted octanol–water partition coefficient (Wildman–Crippen LogP) is 4.00. The SMILES string of the molecule is Brc1ccsc1CNc1ccc2cn[nH]c2c1. The first kappa shape index (κ1) is 10.8. The van der Waals surface area contributed by atoms with E-state index in [1.807, 2.05) is 6.20 Å². The second-order valence-electron chi connectivity index (χ2n) is 3.72. The Hall–Kier alpha value is -1.33. The van der Waals surface area contributed by atoms with Crippen molar-refractivity contribution < 1.29 is 0 Å². The predicted molar refractivity (Wildman–Crippen MR) is 75.4 cm³/mol. The molecule has 2 aromatic heterocycles. The molecule has 0 atom stereocenters. The van der Waals surface area contributed by atoms with E-state index in [1.54, 1.807) is 11.3 Å². The van der Waals surface area contributed by atoms with Gasteiger partial charge in [0.15, 0.2) is 0 Å². The second kappa shape index (κ2) is 4.50. The molecule has 3 aromatic rings. The fourth-order valence-corrected chi connectivity index (χ4v) is 3.11. The third kappa shape index (κ3) is 2.21. The average molecular weight is 308 g/mol. The van der Waals surface area contributed by atoms with Gasteiger partial charge in [-0.15, -0.1) is 11.3 Å². The molecule has 0 fully saturated rings. The van der Waals surface area contributed by atoms with Crippen molar-refractivity contribution in [3.05, 3.63) is 45.2 Å². The standard InChI is InChI=1S/C12H10BrN3S/c13-10-3-4-17-12(10)7-14-9-2-1-8-6-15-16-11(8)5-9/h1-6,14H,7H2,(H,15,16). The molecule has 0 saturated heterocycles. The van der Waals surface area contributed by atoms with Crippen LogP contribution in [-0.4, -0.2) is 10.2 Å². The summed E-state index contributed by atoms with van der Waals surface area (Å²) in [5, 5.41) is 13.6. The summed E-state index contributed by atoms with van der Waals surface area (Å²) in [6.45, 7) is 0.831. The largest absolute Gasteiger partial charge is 0.380 e. The number of nitrogens with one attached hydrogen (secondary N) is 2. The summed E-state index contributed by atoms with van der Waals surface area (Å²) in [6.07, 6.45) is 1.83. The normalized spacial score (nSPS) is 10.9. The molecule has 2 heterocycles. The third-order valence-corrected chi connectivity index (χ3v) is 4.51. The van der Waals surface area contributed by atoms with Crippen molar-refractivity contribution in [2.45, 2.75) is 6.54 Å². The molecule has 1 aromatic carbocycles. The molecule has 17 heavy (non-hydrogen) atoms. The summed E-state index contributed by atoms with van der Waals surface area (Å²) in [5.74, 6) is 0. The Labute approximate surface area is 111 Å². The van der Waals surface area contributed by atoms with Crippen molar-refractivity contribution in [3.8, 4) is 0 Å². The minimum Gasteiger partial charge on any atom is -0.380 e. The molecule has 0 radical (unpaired) electrons. The molecule has 0 aliphatic carbocycles. The smallest absolute Gasteiger partial charge is 0.0670 e. The molecule has 2 N–H and O–H groups in total. The topological polar surface area (TPSA) is 40.7 Å². The van der Waals surface area contributed by atoms with Gasteiger partial charge in [0.25, 0.3) is 0 Å². The Bertz CT molecular complexity index is 644. The van der Waals surface area contributed by atoms with Crippen molar-refractivity contribution in [1.82, 2.24) is 10.2 Å². The molecule has 0 unspecified atom stereocenters. The van der Waals surface area contributed by atoms with Crippen molar-refractivity contribution in [3.63, 3.8) is 0 Å². The van der Waals surface area contributed by atoms with Crippen molar-refractivity contribution in [2.75, 3.05) is 5.32 Å². The van der Waals surface area contributed by atoms with E-state index in [9.17, 15) is 0 Å². The van der Waals surface area contributed by atoms with Gasteiger partial charge in [0.1, 0.15) is 0 Å². The second-order valence-corrected chi connectivity index (χ2v) is 5.57. The summed E-state index contributed by atoms with van der Waals surface area (Å²) in [6, 6.07) is 8.27. The van der Waals surface area contributed by atoms with Gasteiger partial charge in [-0.05, 0) is 45.6 Å².